The minimum absolute atomic E-state index is 0. The van der Waals surface area contributed by atoms with Crippen LogP contribution in [0.15, 0.2) is 29.3 Å². The Morgan fingerprint density at radius 2 is 2.12 bits per heavy atom. The molecule has 8 heteroatoms. The molecule has 1 aromatic rings. The van der Waals surface area contributed by atoms with E-state index < -0.39 is 0 Å². The second-order valence-corrected chi connectivity index (χ2v) is 5.95. The first kappa shape index (κ1) is 23.1. The quantitative estimate of drug-likeness (QED) is 0.258. The highest BCUT2D eigenvalue weighted by molar-refractivity contribution is 14.0. The summed E-state index contributed by atoms with van der Waals surface area (Å²) in [6.07, 6.45) is 0.911. The summed E-state index contributed by atoms with van der Waals surface area (Å²) >= 11 is 0. The molecule has 2 rings (SSSR count). The smallest absolute Gasteiger partial charge is 0.191 e. The van der Waals surface area contributed by atoms with Gasteiger partial charge in [-0.3, -0.25) is 9.89 Å². The molecule has 0 aliphatic carbocycles. The molecule has 1 heterocycles. The van der Waals surface area contributed by atoms with Gasteiger partial charge in [-0.25, -0.2) is 4.39 Å². The Balaban J connectivity index is 0.00000338. The number of hydrogen-bond donors (Lipinski definition) is 2. The van der Waals surface area contributed by atoms with Crippen molar-refractivity contribution in [1.82, 2.24) is 15.5 Å². The van der Waals surface area contributed by atoms with Gasteiger partial charge in [0.25, 0.3) is 0 Å². The van der Waals surface area contributed by atoms with Crippen LogP contribution in [-0.4, -0.2) is 71.0 Å². The van der Waals surface area contributed by atoms with E-state index >= 15 is 0 Å². The van der Waals surface area contributed by atoms with Gasteiger partial charge in [0, 0.05) is 46.9 Å². The van der Waals surface area contributed by atoms with Gasteiger partial charge in [-0.15, -0.1) is 24.0 Å². The van der Waals surface area contributed by atoms with Gasteiger partial charge in [-0.1, -0.05) is 12.1 Å². The highest BCUT2D eigenvalue weighted by Crippen LogP contribution is 2.22. The molecule has 1 aliphatic heterocycles. The van der Waals surface area contributed by atoms with E-state index in [-0.39, 0.29) is 35.8 Å². The van der Waals surface area contributed by atoms with Gasteiger partial charge < -0.3 is 20.1 Å². The lowest BCUT2D eigenvalue weighted by atomic mass is 10.0. The van der Waals surface area contributed by atoms with Gasteiger partial charge in [0.05, 0.1) is 19.3 Å². The molecule has 1 aliphatic rings. The van der Waals surface area contributed by atoms with Gasteiger partial charge in [-0.05, 0) is 24.1 Å². The van der Waals surface area contributed by atoms with Gasteiger partial charge in [0.15, 0.2) is 5.96 Å². The SMILES string of the molecule is CN=C(NCCCOC)NCC(c1cccc(F)c1)N1CCOCC1.I. The molecule has 26 heavy (non-hydrogen) atoms. The van der Waals surface area contributed by atoms with E-state index in [1.165, 1.54) is 6.07 Å². The molecule has 1 aromatic carbocycles. The van der Waals surface area contributed by atoms with Gasteiger partial charge in [0.2, 0.25) is 0 Å². The average Bonchev–Trinajstić information content (AvgIpc) is 2.64. The number of ether oxygens (including phenoxy) is 2. The number of rotatable bonds is 8. The van der Waals surface area contributed by atoms with Crippen LogP contribution in [0, 0.1) is 5.82 Å². The van der Waals surface area contributed by atoms with E-state index in [1.807, 2.05) is 6.07 Å². The van der Waals surface area contributed by atoms with Crippen LogP contribution in [0.4, 0.5) is 4.39 Å². The Morgan fingerprint density at radius 1 is 1.35 bits per heavy atom. The third-order valence-electron chi connectivity index (χ3n) is 4.22. The number of methoxy groups -OCH3 is 1. The molecule has 0 aromatic heterocycles. The first-order valence-corrected chi connectivity index (χ1v) is 8.75. The molecule has 148 valence electrons. The average molecular weight is 480 g/mol. The number of hydrogen-bond acceptors (Lipinski definition) is 4. The monoisotopic (exact) mass is 480 g/mol. The molecular formula is C18H30FIN4O2. The fourth-order valence-electron chi connectivity index (χ4n) is 2.90. The predicted molar refractivity (Wildman–Crippen MR) is 113 cm³/mol. The number of aliphatic imine (C=N–C) groups is 1. The molecule has 0 radical (unpaired) electrons. The summed E-state index contributed by atoms with van der Waals surface area (Å²) in [5, 5.41) is 6.62. The van der Waals surface area contributed by atoms with Crippen LogP contribution in [-0.2, 0) is 9.47 Å². The molecule has 1 unspecified atom stereocenters. The minimum Gasteiger partial charge on any atom is -0.385 e. The van der Waals surface area contributed by atoms with Crippen LogP contribution < -0.4 is 10.6 Å². The van der Waals surface area contributed by atoms with Crippen LogP contribution in [0.2, 0.25) is 0 Å². The van der Waals surface area contributed by atoms with Gasteiger partial charge in [0.1, 0.15) is 5.82 Å². The zero-order valence-electron chi connectivity index (χ0n) is 15.5. The van der Waals surface area contributed by atoms with Gasteiger partial charge in [-0.2, -0.15) is 0 Å². The van der Waals surface area contributed by atoms with Crippen molar-refractivity contribution in [3.8, 4) is 0 Å². The Hall–Kier alpha value is -0.970. The normalized spacial score (nSPS) is 16.7. The molecule has 0 saturated carbocycles. The van der Waals surface area contributed by atoms with E-state index in [4.69, 9.17) is 9.47 Å². The molecule has 0 amide bonds. The number of guanidine groups is 1. The van der Waals surface area contributed by atoms with Crippen LogP contribution in [0.25, 0.3) is 0 Å². The third kappa shape index (κ3) is 7.73. The Labute approximate surface area is 172 Å². The summed E-state index contributed by atoms with van der Waals surface area (Å²) in [5.41, 5.74) is 0.962. The Morgan fingerprint density at radius 3 is 2.77 bits per heavy atom. The topological polar surface area (TPSA) is 58.1 Å². The molecule has 6 nitrogen and oxygen atoms in total. The van der Waals surface area contributed by atoms with E-state index in [2.05, 4.69) is 20.5 Å². The van der Waals surface area contributed by atoms with Crippen molar-refractivity contribution in [2.75, 3.05) is 60.2 Å². The largest absolute Gasteiger partial charge is 0.385 e. The number of benzene rings is 1. The predicted octanol–water partition coefficient (Wildman–Crippen LogP) is 2.02. The zero-order chi connectivity index (χ0) is 17.9. The molecule has 0 spiro atoms. The van der Waals surface area contributed by atoms with E-state index in [0.717, 1.165) is 37.6 Å². The van der Waals surface area contributed by atoms with Crippen molar-refractivity contribution in [3.63, 3.8) is 0 Å². The lowest BCUT2D eigenvalue weighted by molar-refractivity contribution is 0.0169. The van der Waals surface area contributed by atoms with Gasteiger partial charge >= 0.3 is 0 Å². The van der Waals surface area contributed by atoms with Crippen molar-refractivity contribution in [3.05, 3.63) is 35.6 Å². The summed E-state index contributed by atoms with van der Waals surface area (Å²) in [6.45, 7) is 5.23. The third-order valence-corrected chi connectivity index (χ3v) is 4.22. The van der Waals surface area contributed by atoms with E-state index in [9.17, 15) is 4.39 Å². The molecule has 1 saturated heterocycles. The van der Waals surface area contributed by atoms with Crippen molar-refractivity contribution in [1.29, 1.82) is 0 Å². The highest BCUT2D eigenvalue weighted by Gasteiger charge is 2.23. The lowest BCUT2D eigenvalue weighted by Crippen LogP contribution is -2.46. The van der Waals surface area contributed by atoms with Crippen molar-refractivity contribution < 1.29 is 13.9 Å². The van der Waals surface area contributed by atoms with Crippen molar-refractivity contribution in [2.24, 2.45) is 4.99 Å². The maximum atomic E-state index is 13.7. The number of nitrogens with zero attached hydrogens (tertiary/aromatic N) is 2. The minimum atomic E-state index is -0.210. The number of nitrogens with one attached hydrogen (secondary N) is 2. The van der Waals surface area contributed by atoms with Crippen LogP contribution in [0.1, 0.15) is 18.0 Å². The standard InChI is InChI=1S/C18H29FN4O2.HI/c1-20-18(21-7-4-10-24-2)22-14-17(23-8-11-25-12-9-23)15-5-3-6-16(19)13-15;/h3,5-6,13,17H,4,7-12,14H2,1-2H3,(H2,20,21,22);1H. The van der Waals surface area contributed by atoms with Crippen molar-refractivity contribution in [2.45, 2.75) is 12.5 Å². The van der Waals surface area contributed by atoms with E-state index in [1.54, 1.807) is 26.3 Å². The second-order valence-electron chi connectivity index (χ2n) is 5.95. The van der Waals surface area contributed by atoms with Crippen LogP contribution >= 0.6 is 24.0 Å². The second kappa shape index (κ2) is 13.2. The summed E-state index contributed by atoms with van der Waals surface area (Å²) < 4.78 is 24.2. The molecular weight excluding hydrogens is 450 g/mol. The summed E-state index contributed by atoms with van der Waals surface area (Å²) in [7, 11) is 3.44. The highest BCUT2D eigenvalue weighted by atomic mass is 127. The summed E-state index contributed by atoms with van der Waals surface area (Å²) in [5.74, 6) is 0.531. The summed E-state index contributed by atoms with van der Waals surface area (Å²) in [6, 6.07) is 6.88. The lowest BCUT2D eigenvalue weighted by Gasteiger charge is -2.35. The molecule has 2 N–H and O–H groups in total. The summed E-state index contributed by atoms with van der Waals surface area (Å²) in [4.78, 5) is 6.57. The van der Waals surface area contributed by atoms with Crippen LogP contribution in [0.5, 0.6) is 0 Å². The molecule has 1 fully saturated rings. The van der Waals surface area contributed by atoms with Crippen molar-refractivity contribution >= 4 is 29.9 Å². The number of halogens is 2. The fraction of sp³-hybridized carbons (Fsp3) is 0.611. The maximum absolute atomic E-state index is 13.7. The maximum Gasteiger partial charge on any atom is 0.191 e. The van der Waals surface area contributed by atoms with E-state index in [0.29, 0.717) is 26.4 Å². The van der Waals surface area contributed by atoms with Crippen LogP contribution in [0.3, 0.4) is 0 Å². The Bertz CT molecular complexity index is 542. The fourth-order valence-corrected chi connectivity index (χ4v) is 2.90. The first-order valence-electron chi connectivity index (χ1n) is 8.75. The zero-order valence-corrected chi connectivity index (χ0v) is 17.9. The number of morpholine rings is 1. The molecule has 1 atom stereocenters. The Kier molecular flexibility index (Phi) is 11.7. The first-order chi connectivity index (χ1) is 12.2. The molecule has 0 bridgehead atoms.